The third-order valence-corrected chi connectivity index (χ3v) is 6.21. The number of sulfonamides is 1. The molecule has 1 heterocycles. The fourth-order valence-corrected chi connectivity index (χ4v) is 4.98. The Bertz CT molecular complexity index is 976. The molecule has 2 unspecified atom stereocenters. The van der Waals surface area contributed by atoms with E-state index < -0.39 is 10.0 Å². The van der Waals surface area contributed by atoms with Crippen molar-refractivity contribution in [2.24, 2.45) is 0 Å². The van der Waals surface area contributed by atoms with Gasteiger partial charge >= 0.3 is 0 Å². The molecule has 2 aromatic rings. The summed E-state index contributed by atoms with van der Waals surface area (Å²) in [5.41, 5.74) is 2.88. The van der Waals surface area contributed by atoms with Crippen molar-refractivity contribution in [1.29, 1.82) is 0 Å². The minimum Gasteiger partial charge on any atom is -0.338 e. The summed E-state index contributed by atoms with van der Waals surface area (Å²) in [5, 5.41) is 0. The lowest BCUT2D eigenvalue weighted by Crippen LogP contribution is -2.57. The standard InChI is InChI=1S/C23H29FN2O3S/c1-3-6-23(27)26-14-5-9-21(25-30(2,28)29)22(26)16-17-7-4-8-19(15-17)18-10-12-20(24)13-11-18/h4,7-8,10-13,15,21-22,25H,3,5-6,9,14,16H2,1-2H3. The number of carbonyl (C=O) groups is 1. The highest BCUT2D eigenvalue weighted by Crippen LogP contribution is 2.26. The van der Waals surface area contributed by atoms with Gasteiger partial charge in [-0.1, -0.05) is 43.3 Å². The van der Waals surface area contributed by atoms with Crippen LogP contribution in [-0.4, -0.2) is 44.1 Å². The number of nitrogens with zero attached hydrogens (tertiary/aromatic N) is 1. The fraction of sp³-hybridized carbons (Fsp3) is 0.435. The molecule has 2 atom stereocenters. The number of carbonyl (C=O) groups excluding carboxylic acids is 1. The van der Waals surface area contributed by atoms with Gasteiger partial charge in [-0.15, -0.1) is 0 Å². The quantitative estimate of drug-likeness (QED) is 0.725. The number of hydrogen-bond acceptors (Lipinski definition) is 3. The van der Waals surface area contributed by atoms with E-state index in [9.17, 15) is 17.6 Å². The molecule has 1 N–H and O–H groups in total. The Labute approximate surface area is 178 Å². The SMILES string of the molecule is CCCC(=O)N1CCCC(NS(C)(=O)=O)C1Cc1cccc(-c2ccc(F)cc2)c1. The summed E-state index contributed by atoms with van der Waals surface area (Å²) in [6, 6.07) is 13.7. The molecule has 3 rings (SSSR count). The molecule has 1 aliphatic heterocycles. The molecule has 0 aliphatic carbocycles. The van der Waals surface area contributed by atoms with Crippen molar-refractivity contribution in [3.63, 3.8) is 0 Å². The number of likely N-dealkylation sites (tertiary alicyclic amines) is 1. The van der Waals surface area contributed by atoms with E-state index in [-0.39, 0.29) is 23.8 Å². The normalized spacial score (nSPS) is 19.6. The van der Waals surface area contributed by atoms with Gasteiger partial charge in [0.15, 0.2) is 0 Å². The summed E-state index contributed by atoms with van der Waals surface area (Å²) < 4.78 is 39.8. The molecule has 30 heavy (non-hydrogen) atoms. The average Bonchev–Trinajstić information content (AvgIpc) is 2.69. The van der Waals surface area contributed by atoms with Crippen molar-refractivity contribution < 1.29 is 17.6 Å². The zero-order valence-corrected chi connectivity index (χ0v) is 18.3. The van der Waals surface area contributed by atoms with Crippen LogP contribution in [0.3, 0.4) is 0 Å². The minimum atomic E-state index is -3.39. The molecule has 0 saturated carbocycles. The van der Waals surface area contributed by atoms with Crippen molar-refractivity contribution >= 4 is 15.9 Å². The van der Waals surface area contributed by atoms with Gasteiger partial charge < -0.3 is 4.90 Å². The second kappa shape index (κ2) is 9.71. The molecule has 162 valence electrons. The largest absolute Gasteiger partial charge is 0.338 e. The van der Waals surface area contributed by atoms with E-state index in [1.54, 1.807) is 12.1 Å². The molecule has 0 aromatic heterocycles. The lowest BCUT2D eigenvalue weighted by atomic mass is 9.90. The monoisotopic (exact) mass is 432 g/mol. The molecule has 1 amide bonds. The first-order valence-electron chi connectivity index (χ1n) is 10.4. The van der Waals surface area contributed by atoms with Gasteiger partial charge in [-0.05, 0) is 54.5 Å². The molecule has 0 bridgehead atoms. The van der Waals surface area contributed by atoms with Crippen LogP contribution >= 0.6 is 0 Å². The highest BCUT2D eigenvalue weighted by Gasteiger charge is 2.35. The molecule has 1 fully saturated rings. The summed E-state index contributed by atoms with van der Waals surface area (Å²) in [6.07, 6.45) is 4.40. The number of hydrogen-bond donors (Lipinski definition) is 1. The lowest BCUT2D eigenvalue weighted by Gasteiger charge is -2.41. The summed E-state index contributed by atoms with van der Waals surface area (Å²) in [6.45, 7) is 2.61. The highest BCUT2D eigenvalue weighted by atomic mass is 32.2. The Morgan fingerprint density at radius 1 is 1.17 bits per heavy atom. The van der Waals surface area contributed by atoms with Gasteiger partial charge in [-0.25, -0.2) is 17.5 Å². The molecule has 0 radical (unpaired) electrons. The van der Waals surface area contributed by atoms with E-state index in [1.807, 2.05) is 36.1 Å². The van der Waals surface area contributed by atoms with E-state index in [2.05, 4.69) is 4.72 Å². The van der Waals surface area contributed by atoms with Gasteiger partial charge in [0.1, 0.15) is 5.82 Å². The van der Waals surface area contributed by atoms with E-state index >= 15 is 0 Å². The second-order valence-corrected chi connectivity index (χ2v) is 9.73. The number of amides is 1. The molecular weight excluding hydrogens is 403 g/mol. The summed E-state index contributed by atoms with van der Waals surface area (Å²) in [4.78, 5) is 14.6. The average molecular weight is 433 g/mol. The van der Waals surface area contributed by atoms with E-state index in [0.717, 1.165) is 35.8 Å². The van der Waals surface area contributed by atoms with Crippen molar-refractivity contribution in [2.75, 3.05) is 12.8 Å². The Morgan fingerprint density at radius 2 is 1.90 bits per heavy atom. The zero-order chi connectivity index (χ0) is 21.7. The molecule has 0 spiro atoms. The Balaban J connectivity index is 1.89. The van der Waals surface area contributed by atoms with Crippen LogP contribution in [0.4, 0.5) is 4.39 Å². The third-order valence-electron chi connectivity index (χ3n) is 5.48. The first-order chi connectivity index (χ1) is 14.3. The lowest BCUT2D eigenvalue weighted by molar-refractivity contribution is -0.135. The van der Waals surface area contributed by atoms with Gasteiger partial charge in [0.05, 0.1) is 12.3 Å². The summed E-state index contributed by atoms with van der Waals surface area (Å²) in [5.74, 6) is -0.214. The summed E-state index contributed by atoms with van der Waals surface area (Å²) >= 11 is 0. The topological polar surface area (TPSA) is 66.5 Å². The van der Waals surface area contributed by atoms with E-state index in [4.69, 9.17) is 0 Å². The number of rotatable bonds is 7. The van der Waals surface area contributed by atoms with Gasteiger partial charge in [-0.3, -0.25) is 4.79 Å². The maximum Gasteiger partial charge on any atom is 0.222 e. The smallest absolute Gasteiger partial charge is 0.222 e. The molecule has 7 heteroatoms. The van der Waals surface area contributed by atoms with Gasteiger partial charge in [-0.2, -0.15) is 0 Å². The second-order valence-electron chi connectivity index (χ2n) is 7.95. The predicted octanol–water partition coefficient (Wildman–Crippen LogP) is 3.74. The Morgan fingerprint density at radius 3 is 2.57 bits per heavy atom. The molecular formula is C23H29FN2O3S. The van der Waals surface area contributed by atoms with Crippen molar-refractivity contribution in [2.45, 2.75) is 51.1 Å². The van der Waals surface area contributed by atoms with Crippen LogP contribution in [0.1, 0.15) is 38.2 Å². The van der Waals surface area contributed by atoms with Crippen molar-refractivity contribution in [3.05, 3.63) is 59.9 Å². The molecule has 1 aliphatic rings. The summed E-state index contributed by atoms with van der Waals surface area (Å²) in [7, 11) is -3.39. The molecule has 1 saturated heterocycles. The van der Waals surface area contributed by atoms with Gasteiger partial charge in [0, 0.05) is 19.0 Å². The van der Waals surface area contributed by atoms with Gasteiger partial charge in [0.25, 0.3) is 0 Å². The van der Waals surface area contributed by atoms with Crippen LogP contribution in [0.2, 0.25) is 0 Å². The number of piperidine rings is 1. The number of halogens is 1. The number of benzene rings is 2. The van der Waals surface area contributed by atoms with Crippen LogP contribution in [0.5, 0.6) is 0 Å². The van der Waals surface area contributed by atoms with E-state index in [1.165, 1.54) is 12.1 Å². The molecule has 2 aromatic carbocycles. The zero-order valence-electron chi connectivity index (χ0n) is 17.5. The van der Waals surface area contributed by atoms with Crippen LogP contribution in [-0.2, 0) is 21.2 Å². The highest BCUT2D eigenvalue weighted by molar-refractivity contribution is 7.88. The van der Waals surface area contributed by atoms with Crippen LogP contribution in [0, 0.1) is 5.82 Å². The first-order valence-corrected chi connectivity index (χ1v) is 12.3. The van der Waals surface area contributed by atoms with Crippen LogP contribution in [0.15, 0.2) is 48.5 Å². The maximum absolute atomic E-state index is 13.3. The molecule has 5 nitrogen and oxygen atoms in total. The third kappa shape index (κ3) is 5.89. The Kier molecular flexibility index (Phi) is 7.26. The van der Waals surface area contributed by atoms with Crippen LogP contribution < -0.4 is 4.72 Å². The first kappa shape index (κ1) is 22.4. The minimum absolute atomic E-state index is 0.0668. The number of nitrogens with one attached hydrogen (secondary N) is 1. The van der Waals surface area contributed by atoms with Crippen LogP contribution in [0.25, 0.3) is 11.1 Å². The van der Waals surface area contributed by atoms with Crippen molar-refractivity contribution in [1.82, 2.24) is 9.62 Å². The maximum atomic E-state index is 13.3. The Hall–Kier alpha value is -2.25. The van der Waals surface area contributed by atoms with Crippen molar-refractivity contribution in [3.8, 4) is 11.1 Å². The predicted molar refractivity (Wildman–Crippen MR) is 117 cm³/mol. The van der Waals surface area contributed by atoms with E-state index in [0.29, 0.717) is 25.8 Å². The fourth-order valence-electron chi connectivity index (χ4n) is 4.15. The van der Waals surface area contributed by atoms with Gasteiger partial charge in [0.2, 0.25) is 15.9 Å².